The Kier molecular flexibility index (Phi) is 5.15. The van der Waals surface area contributed by atoms with Gasteiger partial charge in [-0.25, -0.2) is 0 Å². The molecule has 0 spiro atoms. The van der Waals surface area contributed by atoms with E-state index >= 15 is 0 Å². The van der Waals surface area contributed by atoms with Crippen molar-refractivity contribution < 1.29 is 4.79 Å². The lowest BCUT2D eigenvalue weighted by molar-refractivity contribution is 0.102. The number of thioether (sulfide) groups is 1. The van der Waals surface area contributed by atoms with Crippen LogP contribution >= 0.6 is 34.4 Å². The van der Waals surface area contributed by atoms with Gasteiger partial charge in [0.25, 0.3) is 5.91 Å². The molecule has 0 radical (unpaired) electrons. The fourth-order valence-electron chi connectivity index (χ4n) is 2.63. The summed E-state index contributed by atoms with van der Waals surface area (Å²) in [5, 5.41) is 3.58. The zero-order chi connectivity index (χ0) is 17.2. The van der Waals surface area contributed by atoms with Crippen LogP contribution in [-0.4, -0.2) is 16.8 Å². The minimum atomic E-state index is -0.334. The smallest absolute Gasteiger partial charge is 0.255 e. The van der Waals surface area contributed by atoms with Crippen LogP contribution in [0, 0.1) is 3.57 Å². The van der Waals surface area contributed by atoms with Gasteiger partial charge in [-0.1, -0.05) is 23.9 Å². The number of carbonyl (C=O) groups is 1. The van der Waals surface area contributed by atoms with Crippen LogP contribution < -0.4 is 11.1 Å². The highest BCUT2D eigenvalue weighted by molar-refractivity contribution is 14.1. The highest BCUT2D eigenvalue weighted by Gasteiger charge is 2.29. The zero-order valence-electron chi connectivity index (χ0n) is 13.3. The fraction of sp³-hybridized carbons (Fsp3) is 0.222. The van der Waals surface area contributed by atoms with Gasteiger partial charge in [0, 0.05) is 20.6 Å². The third-order valence-corrected chi connectivity index (χ3v) is 5.56. The minimum Gasteiger partial charge on any atom is -0.379 e. The minimum absolute atomic E-state index is 0.115. The van der Waals surface area contributed by atoms with E-state index in [9.17, 15) is 4.79 Å². The molecule has 0 fully saturated rings. The lowest BCUT2D eigenvalue weighted by atomic mass is 9.89. The van der Waals surface area contributed by atoms with Crippen molar-refractivity contribution in [3.63, 3.8) is 0 Å². The molecule has 1 atom stereocenters. The van der Waals surface area contributed by atoms with Crippen LogP contribution in [0.1, 0.15) is 29.3 Å². The van der Waals surface area contributed by atoms with Crippen molar-refractivity contribution in [2.24, 2.45) is 10.7 Å². The number of rotatable bonds is 3. The standard InChI is InChI=1S/C18H18IN3OS/c1-18(9-10-24-17(20)22-18)13-3-2-4-15(11-13)21-16(23)12-5-7-14(19)8-6-12/h2-8,11H,9-10H2,1H3,(H2,20,22)(H,21,23). The molecule has 0 bridgehead atoms. The van der Waals surface area contributed by atoms with Crippen LogP contribution in [0.2, 0.25) is 0 Å². The Labute approximate surface area is 159 Å². The first kappa shape index (κ1) is 17.3. The number of nitrogens with one attached hydrogen (secondary N) is 1. The number of nitrogens with two attached hydrogens (primary N) is 1. The molecule has 3 rings (SSSR count). The number of nitrogens with zero attached hydrogens (tertiary/aromatic N) is 1. The molecule has 0 aliphatic carbocycles. The summed E-state index contributed by atoms with van der Waals surface area (Å²) in [5.74, 6) is 0.835. The molecule has 0 aromatic heterocycles. The molecule has 124 valence electrons. The molecule has 2 aromatic carbocycles. The Hall–Kier alpha value is -1.54. The van der Waals surface area contributed by atoms with E-state index in [2.05, 4.69) is 39.8 Å². The van der Waals surface area contributed by atoms with Crippen LogP contribution in [0.3, 0.4) is 0 Å². The number of carbonyl (C=O) groups excluding carboxylic acids is 1. The van der Waals surface area contributed by atoms with Gasteiger partial charge in [0.05, 0.1) is 5.54 Å². The van der Waals surface area contributed by atoms with Crippen molar-refractivity contribution in [2.75, 3.05) is 11.1 Å². The van der Waals surface area contributed by atoms with Crippen molar-refractivity contribution in [3.05, 3.63) is 63.2 Å². The largest absolute Gasteiger partial charge is 0.379 e. The van der Waals surface area contributed by atoms with Gasteiger partial charge in [0.2, 0.25) is 0 Å². The summed E-state index contributed by atoms with van der Waals surface area (Å²) in [6.07, 6.45) is 0.924. The normalized spacial score (nSPS) is 20.3. The number of hydrogen-bond donors (Lipinski definition) is 2. The average molecular weight is 451 g/mol. The predicted molar refractivity (Wildman–Crippen MR) is 110 cm³/mol. The van der Waals surface area contributed by atoms with Gasteiger partial charge in [-0.2, -0.15) is 0 Å². The topological polar surface area (TPSA) is 67.5 Å². The van der Waals surface area contributed by atoms with Crippen molar-refractivity contribution in [1.29, 1.82) is 0 Å². The molecular weight excluding hydrogens is 433 g/mol. The summed E-state index contributed by atoms with van der Waals surface area (Å²) < 4.78 is 1.10. The van der Waals surface area contributed by atoms with E-state index in [1.807, 2.05) is 48.5 Å². The summed E-state index contributed by atoms with van der Waals surface area (Å²) in [4.78, 5) is 17.0. The van der Waals surface area contributed by atoms with Gasteiger partial charge in [0.15, 0.2) is 5.17 Å². The fourth-order valence-corrected chi connectivity index (χ4v) is 3.97. The maximum absolute atomic E-state index is 12.4. The summed E-state index contributed by atoms with van der Waals surface area (Å²) in [7, 11) is 0. The van der Waals surface area contributed by atoms with E-state index in [1.54, 1.807) is 11.8 Å². The highest BCUT2D eigenvalue weighted by Crippen LogP contribution is 2.35. The number of halogens is 1. The Morgan fingerprint density at radius 1 is 1.29 bits per heavy atom. The Balaban J connectivity index is 1.82. The summed E-state index contributed by atoms with van der Waals surface area (Å²) in [6.45, 7) is 2.08. The third-order valence-electron chi connectivity index (χ3n) is 4.04. The van der Waals surface area contributed by atoms with Crippen molar-refractivity contribution >= 4 is 51.1 Å². The van der Waals surface area contributed by atoms with Crippen LogP contribution in [0.4, 0.5) is 5.69 Å². The second kappa shape index (κ2) is 7.14. The molecule has 4 nitrogen and oxygen atoms in total. The Morgan fingerprint density at radius 2 is 2.04 bits per heavy atom. The molecular formula is C18H18IN3OS. The van der Waals surface area contributed by atoms with Gasteiger partial charge >= 0.3 is 0 Å². The average Bonchev–Trinajstić information content (AvgIpc) is 2.55. The van der Waals surface area contributed by atoms with E-state index in [1.165, 1.54) is 0 Å². The lowest BCUT2D eigenvalue weighted by Crippen LogP contribution is -2.28. The van der Waals surface area contributed by atoms with Crippen molar-refractivity contribution in [2.45, 2.75) is 18.9 Å². The van der Waals surface area contributed by atoms with E-state index in [4.69, 9.17) is 5.73 Å². The summed E-state index contributed by atoms with van der Waals surface area (Å²) in [6, 6.07) is 15.3. The van der Waals surface area contributed by atoms with E-state index in [0.29, 0.717) is 10.7 Å². The SMILES string of the molecule is CC1(c2cccc(NC(=O)c3ccc(I)cc3)c2)CCSC(N)=N1. The Bertz CT molecular complexity index is 791. The first-order valence-corrected chi connectivity index (χ1v) is 9.68. The van der Waals surface area contributed by atoms with Crippen LogP contribution in [0.5, 0.6) is 0 Å². The van der Waals surface area contributed by atoms with E-state index in [0.717, 1.165) is 27.0 Å². The van der Waals surface area contributed by atoms with Crippen LogP contribution in [0.15, 0.2) is 53.5 Å². The molecule has 0 saturated carbocycles. The Morgan fingerprint density at radius 3 is 2.75 bits per heavy atom. The van der Waals surface area contributed by atoms with Crippen LogP contribution in [-0.2, 0) is 5.54 Å². The highest BCUT2D eigenvalue weighted by atomic mass is 127. The molecule has 1 aliphatic rings. The molecule has 0 saturated heterocycles. The lowest BCUT2D eigenvalue weighted by Gasteiger charge is -2.30. The third kappa shape index (κ3) is 3.92. The number of amidine groups is 1. The van der Waals surface area contributed by atoms with E-state index < -0.39 is 0 Å². The first-order valence-electron chi connectivity index (χ1n) is 7.62. The van der Waals surface area contributed by atoms with Gasteiger partial charge < -0.3 is 11.1 Å². The number of anilines is 1. The zero-order valence-corrected chi connectivity index (χ0v) is 16.2. The van der Waals surface area contributed by atoms with Gasteiger partial charge in [0.1, 0.15) is 0 Å². The van der Waals surface area contributed by atoms with Gasteiger partial charge in [-0.3, -0.25) is 9.79 Å². The predicted octanol–water partition coefficient (Wildman–Crippen LogP) is 4.21. The number of benzene rings is 2. The van der Waals surface area contributed by atoms with Crippen molar-refractivity contribution in [3.8, 4) is 0 Å². The second-order valence-corrected chi connectivity index (χ2v) is 8.23. The molecule has 6 heteroatoms. The molecule has 2 aromatic rings. The monoisotopic (exact) mass is 451 g/mol. The number of aliphatic imine (C=N–C) groups is 1. The molecule has 3 N–H and O–H groups in total. The number of amides is 1. The van der Waals surface area contributed by atoms with Gasteiger partial charge in [-0.15, -0.1) is 0 Å². The van der Waals surface area contributed by atoms with Crippen LogP contribution in [0.25, 0.3) is 0 Å². The molecule has 1 amide bonds. The van der Waals surface area contributed by atoms with Gasteiger partial charge in [-0.05, 0) is 77.9 Å². The quantitative estimate of drug-likeness (QED) is 0.688. The van der Waals surface area contributed by atoms with E-state index in [-0.39, 0.29) is 11.4 Å². The van der Waals surface area contributed by atoms with Crippen molar-refractivity contribution in [1.82, 2.24) is 0 Å². The molecule has 1 aliphatic heterocycles. The number of hydrogen-bond acceptors (Lipinski definition) is 4. The molecule has 1 heterocycles. The second-order valence-electron chi connectivity index (χ2n) is 5.86. The molecule has 1 unspecified atom stereocenters. The summed E-state index contributed by atoms with van der Waals surface area (Å²) >= 11 is 3.81. The maximum Gasteiger partial charge on any atom is 0.255 e. The molecule has 24 heavy (non-hydrogen) atoms. The maximum atomic E-state index is 12.4. The first-order chi connectivity index (χ1) is 11.5. The summed E-state index contributed by atoms with van der Waals surface area (Å²) in [5.41, 5.74) is 8.03.